The lowest BCUT2D eigenvalue weighted by Crippen LogP contribution is -2.11. The standard InChI is InChI=1S/C14H15FO3/c1-2-18-14(17)12-5-3-4-11-10(12)7-6-9(15)8-13(11)16/h3-5,9H,2,6-8H2,1H3. The Morgan fingerprint density at radius 3 is 3.00 bits per heavy atom. The number of benzene rings is 1. The van der Waals surface area contributed by atoms with Crippen LogP contribution in [-0.4, -0.2) is 24.5 Å². The Balaban J connectivity index is 2.43. The summed E-state index contributed by atoms with van der Waals surface area (Å²) in [6.07, 6.45) is -0.550. The normalized spacial score (nSPS) is 19.0. The molecular weight excluding hydrogens is 235 g/mol. The van der Waals surface area contributed by atoms with Crippen LogP contribution in [0.3, 0.4) is 0 Å². The van der Waals surface area contributed by atoms with Crippen molar-refractivity contribution in [2.24, 2.45) is 0 Å². The number of ether oxygens (including phenoxy) is 1. The van der Waals surface area contributed by atoms with E-state index in [0.717, 1.165) is 0 Å². The topological polar surface area (TPSA) is 43.4 Å². The fraction of sp³-hybridized carbons (Fsp3) is 0.429. The first kappa shape index (κ1) is 12.7. The molecule has 1 unspecified atom stereocenters. The molecular formula is C14H15FO3. The third-order valence-corrected chi connectivity index (χ3v) is 3.09. The van der Waals surface area contributed by atoms with Gasteiger partial charge >= 0.3 is 5.97 Å². The van der Waals surface area contributed by atoms with Gasteiger partial charge in [0, 0.05) is 12.0 Å². The fourth-order valence-electron chi connectivity index (χ4n) is 2.23. The molecule has 0 bridgehead atoms. The van der Waals surface area contributed by atoms with Crippen LogP contribution in [-0.2, 0) is 11.2 Å². The second-order valence-electron chi connectivity index (χ2n) is 4.32. The van der Waals surface area contributed by atoms with Crippen molar-refractivity contribution < 1.29 is 18.7 Å². The molecule has 0 N–H and O–H groups in total. The molecule has 1 atom stereocenters. The molecule has 96 valence electrons. The van der Waals surface area contributed by atoms with Crippen LogP contribution < -0.4 is 0 Å². The Hall–Kier alpha value is -1.71. The van der Waals surface area contributed by atoms with Crippen LogP contribution in [0.4, 0.5) is 4.39 Å². The van der Waals surface area contributed by atoms with Crippen LogP contribution in [0.15, 0.2) is 18.2 Å². The van der Waals surface area contributed by atoms with Crippen molar-refractivity contribution in [1.82, 2.24) is 0 Å². The lowest BCUT2D eigenvalue weighted by atomic mass is 9.96. The molecule has 0 amide bonds. The van der Waals surface area contributed by atoms with Crippen LogP contribution >= 0.6 is 0 Å². The SMILES string of the molecule is CCOC(=O)c1cccc2c1CCC(F)CC2=O. The second kappa shape index (κ2) is 5.29. The average molecular weight is 250 g/mol. The van der Waals surface area contributed by atoms with E-state index in [-0.39, 0.29) is 25.2 Å². The minimum absolute atomic E-state index is 0.0979. The summed E-state index contributed by atoms with van der Waals surface area (Å²) in [7, 11) is 0. The van der Waals surface area contributed by atoms with Crippen LogP contribution in [0.25, 0.3) is 0 Å². The van der Waals surface area contributed by atoms with Gasteiger partial charge in [-0.1, -0.05) is 12.1 Å². The molecule has 1 aromatic carbocycles. The van der Waals surface area contributed by atoms with E-state index < -0.39 is 12.1 Å². The minimum Gasteiger partial charge on any atom is -0.462 e. The van der Waals surface area contributed by atoms with Crippen molar-refractivity contribution in [1.29, 1.82) is 0 Å². The van der Waals surface area contributed by atoms with E-state index in [0.29, 0.717) is 23.1 Å². The van der Waals surface area contributed by atoms with Gasteiger partial charge in [0.2, 0.25) is 0 Å². The molecule has 0 heterocycles. The number of hydrogen-bond donors (Lipinski definition) is 0. The number of carbonyl (C=O) groups excluding carboxylic acids is 2. The average Bonchev–Trinajstić information content (AvgIpc) is 2.49. The Morgan fingerprint density at radius 2 is 2.28 bits per heavy atom. The van der Waals surface area contributed by atoms with Crippen molar-refractivity contribution in [3.63, 3.8) is 0 Å². The van der Waals surface area contributed by atoms with Gasteiger partial charge in [0.1, 0.15) is 6.17 Å². The van der Waals surface area contributed by atoms with Gasteiger partial charge in [-0.05, 0) is 31.4 Å². The maximum atomic E-state index is 13.4. The quantitative estimate of drug-likeness (QED) is 0.598. The van der Waals surface area contributed by atoms with E-state index in [1.54, 1.807) is 25.1 Å². The second-order valence-corrected chi connectivity index (χ2v) is 4.32. The maximum Gasteiger partial charge on any atom is 0.338 e. The van der Waals surface area contributed by atoms with Gasteiger partial charge in [0.05, 0.1) is 12.2 Å². The Labute approximate surface area is 105 Å². The van der Waals surface area contributed by atoms with Gasteiger partial charge in [-0.25, -0.2) is 9.18 Å². The summed E-state index contributed by atoms with van der Waals surface area (Å²) in [5, 5.41) is 0. The number of esters is 1. The summed E-state index contributed by atoms with van der Waals surface area (Å²) in [6.45, 7) is 2.00. The summed E-state index contributed by atoms with van der Waals surface area (Å²) in [6, 6.07) is 4.92. The Morgan fingerprint density at radius 1 is 1.50 bits per heavy atom. The highest BCUT2D eigenvalue weighted by atomic mass is 19.1. The first-order chi connectivity index (χ1) is 8.63. The van der Waals surface area contributed by atoms with Crippen LogP contribution in [0.1, 0.15) is 46.0 Å². The predicted octanol–water partition coefficient (Wildman–Crippen LogP) is 2.72. The molecule has 0 saturated heterocycles. The van der Waals surface area contributed by atoms with E-state index in [4.69, 9.17) is 4.74 Å². The number of carbonyl (C=O) groups is 2. The summed E-state index contributed by atoms with van der Waals surface area (Å²) in [5.41, 5.74) is 1.47. The third-order valence-electron chi connectivity index (χ3n) is 3.09. The first-order valence-electron chi connectivity index (χ1n) is 6.09. The summed E-state index contributed by atoms with van der Waals surface area (Å²) in [4.78, 5) is 23.6. The molecule has 3 nitrogen and oxygen atoms in total. The fourth-order valence-corrected chi connectivity index (χ4v) is 2.23. The molecule has 0 aliphatic heterocycles. The molecule has 0 spiro atoms. The minimum atomic E-state index is -1.13. The smallest absolute Gasteiger partial charge is 0.338 e. The van der Waals surface area contributed by atoms with Crippen molar-refractivity contribution in [3.8, 4) is 0 Å². The number of rotatable bonds is 2. The number of fused-ring (bicyclic) bond motifs is 1. The highest BCUT2D eigenvalue weighted by Crippen LogP contribution is 2.25. The van der Waals surface area contributed by atoms with E-state index in [1.165, 1.54) is 0 Å². The van der Waals surface area contributed by atoms with E-state index in [1.807, 2.05) is 0 Å². The number of hydrogen-bond acceptors (Lipinski definition) is 3. The van der Waals surface area contributed by atoms with Crippen LogP contribution in [0, 0.1) is 0 Å². The molecule has 1 aromatic rings. The molecule has 0 saturated carbocycles. The van der Waals surface area contributed by atoms with Gasteiger partial charge in [0.25, 0.3) is 0 Å². The number of halogens is 1. The number of alkyl halides is 1. The molecule has 1 aliphatic rings. The van der Waals surface area contributed by atoms with E-state index in [2.05, 4.69) is 0 Å². The zero-order valence-electron chi connectivity index (χ0n) is 10.2. The molecule has 0 aromatic heterocycles. The van der Waals surface area contributed by atoms with Crippen molar-refractivity contribution >= 4 is 11.8 Å². The van der Waals surface area contributed by atoms with Gasteiger partial charge in [-0.2, -0.15) is 0 Å². The zero-order chi connectivity index (χ0) is 13.1. The zero-order valence-corrected chi connectivity index (χ0v) is 10.2. The third kappa shape index (κ3) is 2.42. The maximum absolute atomic E-state index is 13.4. The van der Waals surface area contributed by atoms with Crippen molar-refractivity contribution in [2.75, 3.05) is 6.61 Å². The highest BCUT2D eigenvalue weighted by molar-refractivity contribution is 6.02. The van der Waals surface area contributed by atoms with Crippen LogP contribution in [0.2, 0.25) is 0 Å². The van der Waals surface area contributed by atoms with E-state index in [9.17, 15) is 14.0 Å². The number of Topliss-reactive ketones (excluding diaryl/α,β-unsaturated/α-hetero) is 1. The monoisotopic (exact) mass is 250 g/mol. The number of ketones is 1. The Kier molecular flexibility index (Phi) is 3.75. The molecule has 2 rings (SSSR count). The van der Waals surface area contributed by atoms with Crippen molar-refractivity contribution in [3.05, 3.63) is 34.9 Å². The van der Waals surface area contributed by atoms with Crippen LogP contribution in [0.5, 0.6) is 0 Å². The Bertz CT molecular complexity index is 482. The lowest BCUT2D eigenvalue weighted by molar-refractivity contribution is 0.0525. The predicted molar refractivity (Wildman–Crippen MR) is 64.6 cm³/mol. The molecule has 0 radical (unpaired) electrons. The van der Waals surface area contributed by atoms with Crippen molar-refractivity contribution in [2.45, 2.75) is 32.4 Å². The van der Waals surface area contributed by atoms with Gasteiger partial charge in [-0.15, -0.1) is 0 Å². The van der Waals surface area contributed by atoms with Gasteiger partial charge in [-0.3, -0.25) is 4.79 Å². The first-order valence-corrected chi connectivity index (χ1v) is 6.09. The molecule has 18 heavy (non-hydrogen) atoms. The summed E-state index contributed by atoms with van der Waals surface area (Å²) in [5.74, 6) is -0.680. The molecule has 4 heteroatoms. The van der Waals surface area contributed by atoms with Gasteiger partial charge < -0.3 is 4.74 Å². The van der Waals surface area contributed by atoms with E-state index >= 15 is 0 Å². The lowest BCUT2D eigenvalue weighted by Gasteiger charge is -2.10. The molecule has 0 fully saturated rings. The van der Waals surface area contributed by atoms with Gasteiger partial charge in [0.15, 0.2) is 5.78 Å². The highest BCUT2D eigenvalue weighted by Gasteiger charge is 2.25. The molecule has 1 aliphatic carbocycles. The summed E-state index contributed by atoms with van der Waals surface area (Å²) < 4.78 is 18.4. The summed E-state index contributed by atoms with van der Waals surface area (Å²) >= 11 is 0. The largest absolute Gasteiger partial charge is 0.462 e.